The lowest BCUT2D eigenvalue weighted by Gasteiger charge is -2.41. The Morgan fingerprint density at radius 2 is 1.42 bits per heavy atom. The molecule has 21 heteroatoms. The summed E-state index contributed by atoms with van der Waals surface area (Å²) in [5.74, 6) is -1.83. The second-order valence-corrected chi connectivity index (χ2v) is 15.5. The van der Waals surface area contributed by atoms with E-state index in [1.807, 2.05) is 6.07 Å². The van der Waals surface area contributed by atoms with Crippen molar-refractivity contribution in [2.24, 2.45) is 5.92 Å². The lowest BCUT2D eigenvalue weighted by molar-refractivity contribution is -0.327. The molecule has 2 aromatic carbocycles. The molecule has 4 aliphatic heterocycles. The number of hydrogen-bond donors (Lipinski definition) is 9. The average molecular weight is 909 g/mol. The summed E-state index contributed by atoms with van der Waals surface area (Å²) in [7, 11) is 4.03. The normalized spacial score (nSPS) is 33.0. The minimum atomic E-state index is -1.73. The molecule has 2 aromatic rings. The van der Waals surface area contributed by atoms with Gasteiger partial charge in [0.05, 0.1) is 71.9 Å². The van der Waals surface area contributed by atoms with E-state index in [1.54, 1.807) is 31.2 Å². The molecule has 14 atom stereocenters. The molecule has 4 aliphatic rings. The Bertz CT molecular complexity index is 1980. The van der Waals surface area contributed by atoms with E-state index in [2.05, 4.69) is 0 Å². The smallest absolute Gasteiger partial charge is 0.337 e. The second-order valence-electron chi connectivity index (χ2n) is 15.5. The van der Waals surface area contributed by atoms with E-state index in [0.29, 0.717) is 35.5 Å². The van der Waals surface area contributed by atoms with Crippen molar-refractivity contribution >= 4 is 11.9 Å². The minimum Gasteiger partial charge on any atom is -0.493 e. The SMILES string of the molecule is C/C=C1/[C@H](O[C@@H]2O[C@H](CO)[C@@H](O)[C@H](O)[C@H]2O)OC=C(C(=O)OC)[C@H]1CC(=O)OCCCc1cc(OC)c2c(c1)[C@@H](CO)[C@@H](c1ccc(O[C@@H]3O[C@H](CO)[C@@H](O)[C@H](O)[C@H]3O)c(OC)c1)O2. The summed E-state index contributed by atoms with van der Waals surface area (Å²) in [6.07, 6.45) is -14.3. The van der Waals surface area contributed by atoms with E-state index in [4.69, 9.17) is 47.4 Å². The molecule has 6 rings (SSSR count). The summed E-state index contributed by atoms with van der Waals surface area (Å²) >= 11 is 0. The fourth-order valence-electron chi connectivity index (χ4n) is 8.11. The molecular formula is C43H56O21. The van der Waals surface area contributed by atoms with Gasteiger partial charge in [-0.05, 0) is 49.1 Å². The maximum absolute atomic E-state index is 13.3. The van der Waals surface area contributed by atoms with Gasteiger partial charge in [0.1, 0.15) is 54.9 Å². The molecule has 0 unspecified atom stereocenters. The molecule has 0 aromatic heterocycles. The van der Waals surface area contributed by atoms with Crippen molar-refractivity contribution in [3.05, 3.63) is 70.5 Å². The molecule has 4 heterocycles. The number of esters is 2. The number of carbonyl (C=O) groups is 2. The molecule has 0 radical (unpaired) electrons. The van der Waals surface area contributed by atoms with Gasteiger partial charge >= 0.3 is 11.9 Å². The largest absolute Gasteiger partial charge is 0.493 e. The van der Waals surface area contributed by atoms with Crippen molar-refractivity contribution in [1.29, 1.82) is 0 Å². The van der Waals surface area contributed by atoms with Gasteiger partial charge in [0.15, 0.2) is 29.3 Å². The zero-order chi connectivity index (χ0) is 46.4. The van der Waals surface area contributed by atoms with Gasteiger partial charge in [-0.1, -0.05) is 18.2 Å². The van der Waals surface area contributed by atoms with Crippen molar-refractivity contribution in [1.82, 2.24) is 0 Å². The number of aliphatic hydroxyl groups is 9. The lowest BCUT2D eigenvalue weighted by Crippen LogP contribution is -2.60. The van der Waals surface area contributed by atoms with Crippen molar-refractivity contribution in [2.75, 3.05) is 47.8 Å². The van der Waals surface area contributed by atoms with Gasteiger partial charge in [-0.2, -0.15) is 0 Å². The van der Waals surface area contributed by atoms with Crippen molar-refractivity contribution in [3.63, 3.8) is 0 Å². The van der Waals surface area contributed by atoms with Crippen LogP contribution in [0.15, 0.2) is 53.8 Å². The molecule has 0 spiro atoms. The van der Waals surface area contributed by atoms with Gasteiger partial charge in [-0.15, -0.1) is 0 Å². The standard InChI is InChI=1S/C43H56O21/c1-5-21-22(25(40(54)57-4)18-59-41(21)64-43-37(53)35(51)33(49)30(17-46)62-43)14-31(47)58-10-6-7-19-11-23-24(15-44)38(63-39(23)28(12-19)56-3)20-8-9-26(27(13-20)55-2)60-42-36(52)34(50)32(48)29(16-45)61-42/h5,8-9,11-13,18,22,24,29-30,32-38,41-46,48-53H,6-7,10,14-17H2,1-4H3/b21-5+/t22-,24+,29+,30+,32+,33+,34-,35-,36+,37+,38+,41-,42+,43-/m0/s1. The quantitative estimate of drug-likeness (QED) is 0.0509. The van der Waals surface area contributed by atoms with Crippen LogP contribution >= 0.6 is 0 Å². The highest BCUT2D eigenvalue weighted by molar-refractivity contribution is 5.90. The topological polar surface area (TPSA) is 309 Å². The Hall–Kier alpha value is -4.62. The number of benzene rings is 2. The summed E-state index contributed by atoms with van der Waals surface area (Å²) in [6, 6.07) is 8.47. The average Bonchev–Trinajstić information content (AvgIpc) is 3.68. The molecule has 0 saturated carbocycles. The number of methoxy groups -OCH3 is 3. The van der Waals surface area contributed by atoms with Gasteiger partial charge in [-0.3, -0.25) is 4.79 Å². The lowest BCUT2D eigenvalue weighted by atomic mass is 9.86. The molecule has 0 amide bonds. The molecule has 354 valence electrons. The van der Waals surface area contributed by atoms with Crippen LogP contribution in [-0.2, 0) is 44.4 Å². The van der Waals surface area contributed by atoms with Gasteiger partial charge in [0, 0.05) is 17.1 Å². The summed E-state index contributed by atoms with van der Waals surface area (Å²) in [5.41, 5.74) is 2.31. The Labute approximate surface area is 367 Å². The predicted octanol–water partition coefficient (Wildman–Crippen LogP) is -1.25. The van der Waals surface area contributed by atoms with Crippen LogP contribution < -0.4 is 18.9 Å². The van der Waals surface area contributed by atoms with E-state index < -0.39 is 111 Å². The first-order valence-corrected chi connectivity index (χ1v) is 20.6. The Morgan fingerprint density at radius 3 is 2.03 bits per heavy atom. The Morgan fingerprint density at radius 1 is 0.766 bits per heavy atom. The van der Waals surface area contributed by atoms with Crippen LogP contribution in [0.2, 0.25) is 0 Å². The third kappa shape index (κ3) is 10.1. The third-order valence-electron chi connectivity index (χ3n) is 11.7. The summed E-state index contributed by atoms with van der Waals surface area (Å²) < 4.78 is 56.3. The highest BCUT2D eigenvalue weighted by Crippen LogP contribution is 2.52. The van der Waals surface area contributed by atoms with Crippen LogP contribution in [0.4, 0.5) is 0 Å². The molecular weight excluding hydrogens is 852 g/mol. The highest BCUT2D eigenvalue weighted by Gasteiger charge is 2.48. The number of aliphatic hydroxyl groups excluding tert-OH is 9. The number of allylic oxidation sites excluding steroid dienone is 1. The van der Waals surface area contributed by atoms with Crippen LogP contribution in [0.25, 0.3) is 0 Å². The monoisotopic (exact) mass is 908 g/mol. The van der Waals surface area contributed by atoms with Gasteiger partial charge in [0.2, 0.25) is 12.6 Å². The number of carbonyl (C=O) groups excluding carboxylic acids is 2. The van der Waals surface area contributed by atoms with Crippen LogP contribution in [0.5, 0.6) is 23.0 Å². The van der Waals surface area contributed by atoms with E-state index >= 15 is 0 Å². The minimum absolute atomic E-state index is 0.0128. The molecule has 0 bridgehead atoms. The van der Waals surface area contributed by atoms with Crippen LogP contribution in [-0.4, -0.2) is 173 Å². The summed E-state index contributed by atoms with van der Waals surface area (Å²) in [4.78, 5) is 26.1. The molecule has 0 aliphatic carbocycles. The van der Waals surface area contributed by atoms with Crippen LogP contribution in [0, 0.1) is 5.92 Å². The zero-order valence-corrected chi connectivity index (χ0v) is 35.5. The van der Waals surface area contributed by atoms with E-state index in [1.165, 1.54) is 20.3 Å². The number of aryl methyl sites for hydroxylation is 1. The van der Waals surface area contributed by atoms with Gasteiger partial charge in [0.25, 0.3) is 0 Å². The van der Waals surface area contributed by atoms with E-state index in [9.17, 15) is 55.5 Å². The number of rotatable bonds is 17. The van der Waals surface area contributed by atoms with E-state index in [0.717, 1.165) is 18.9 Å². The van der Waals surface area contributed by atoms with Crippen LogP contribution in [0.3, 0.4) is 0 Å². The fraction of sp³-hybridized carbons (Fsp3) is 0.581. The first-order chi connectivity index (χ1) is 30.7. The first kappa shape index (κ1) is 48.8. The third-order valence-corrected chi connectivity index (χ3v) is 11.7. The molecule has 21 nitrogen and oxygen atoms in total. The first-order valence-electron chi connectivity index (χ1n) is 20.6. The van der Waals surface area contributed by atoms with Gasteiger partial charge in [-0.25, -0.2) is 4.79 Å². The molecule has 9 N–H and O–H groups in total. The van der Waals surface area contributed by atoms with E-state index in [-0.39, 0.29) is 42.3 Å². The molecule has 2 fully saturated rings. The van der Waals surface area contributed by atoms with Crippen molar-refractivity contribution in [3.8, 4) is 23.0 Å². The number of hydrogen-bond acceptors (Lipinski definition) is 21. The Kier molecular flexibility index (Phi) is 16.5. The van der Waals surface area contributed by atoms with Crippen molar-refractivity contribution < 1.29 is 103 Å². The Balaban J connectivity index is 1.09. The van der Waals surface area contributed by atoms with Crippen LogP contribution in [0.1, 0.15) is 48.5 Å². The summed E-state index contributed by atoms with van der Waals surface area (Å²) in [6.45, 7) is -0.0383. The zero-order valence-electron chi connectivity index (χ0n) is 35.5. The molecule has 64 heavy (non-hydrogen) atoms. The number of ether oxygens (including phenoxy) is 10. The number of fused-ring (bicyclic) bond motifs is 1. The molecule has 2 saturated heterocycles. The maximum atomic E-state index is 13.3. The van der Waals surface area contributed by atoms with Crippen molar-refractivity contribution in [2.45, 2.75) is 106 Å². The van der Waals surface area contributed by atoms with Gasteiger partial charge < -0.3 is 93.3 Å². The highest BCUT2D eigenvalue weighted by atomic mass is 16.8. The fourth-order valence-corrected chi connectivity index (χ4v) is 8.11. The second kappa shape index (κ2) is 21.6. The predicted molar refractivity (Wildman–Crippen MR) is 215 cm³/mol. The summed E-state index contributed by atoms with van der Waals surface area (Å²) in [5, 5.41) is 91.5. The maximum Gasteiger partial charge on any atom is 0.337 e.